The van der Waals surface area contributed by atoms with Crippen LogP contribution in [0.4, 0.5) is 0 Å². The van der Waals surface area contributed by atoms with E-state index in [0.717, 1.165) is 0 Å². The number of nitrogens with zero attached hydrogens (tertiary/aromatic N) is 1. The number of hydrogen-bond acceptors (Lipinski definition) is 4. The molecular formula is C8H14N2O2. The summed E-state index contributed by atoms with van der Waals surface area (Å²) in [5.74, 6) is 0.714. The average Bonchev–Trinajstić information content (AvgIpc) is 2.06. The van der Waals surface area contributed by atoms with E-state index in [-0.39, 0.29) is 6.35 Å². The van der Waals surface area contributed by atoms with Crippen LogP contribution in [-0.2, 0) is 9.47 Å². The molecule has 0 fully saturated rings. The Hall–Kier alpha value is -1.03. The van der Waals surface area contributed by atoms with Crippen molar-refractivity contribution in [3.05, 3.63) is 12.0 Å². The molecule has 0 amide bonds. The maximum Gasteiger partial charge on any atom is 0.227 e. The summed E-state index contributed by atoms with van der Waals surface area (Å²) in [6.07, 6.45) is 3.17. The second-order valence-corrected chi connectivity index (χ2v) is 2.21. The highest BCUT2D eigenvalue weighted by Gasteiger charge is 2.09. The zero-order valence-electron chi connectivity index (χ0n) is 7.41. The van der Waals surface area contributed by atoms with E-state index in [1.54, 1.807) is 12.3 Å². The smallest absolute Gasteiger partial charge is 0.227 e. The van der Waals surface area contributed by atoms with Gasteiger partial charge >= 0.3 is 0 Å². The molecule has 1 atom stereocenters. The fourth-order valence-electron chi connectivity index (χ4n) is 0.884. The summed E-state index contributed by atoms with van der Waals surface area (Å²) in [5, 5.41) is 2.97. The van der Waals surface area contributed by atoms with Gasteiger partial charge in [0.25, 0.3) is 0 Å². The molecule has 4 nitrogen and oxygen atoms in total. The Balaban J connectivity index is 2.38. The van der Waals surface area contributed by atoms with Gasteiger partial charge in [0, 0.05) is 18.9 Å². The molecule has 0 radical (unpaired) electrons. The molecule has 1 N–H and O–H groups in total. The lowest BCUT2D eigenvalue weighted by molar-refractivity contribution is 0.0333. The number of nitrogens with one attached hydrogen (secondary N) is 1. The van der Waals surface area contributed by atoms with Gasteiger partial charge in [-0.25, -0.2) is 4.99 Å². The Labute approximate surface area is 72.3 Å². The maximum atomic E-state index is 5.24. The third-order valence-corrected chi connectivity index (χ3v) is 1.34. The monoisotopic (exact) mass is 170 g/mol. The minimum absolute atomic E-state index is 0.290. The molecule has 0 aromatic rings. The van der Waals surface area contributed by atoms with Crippen LogP contribution in [0.3, 0.4) is 0 Å². The Bertz CT molecular complexity index is 189. The maximum absolute atomic E-state index is 5.24. The lowest BCUT2D eigenvalue weighted by Crippen LogP contribution is -2.32. The van der Waals surface area contributed by atoms with E-state index >= 15 is 0 Å². The van der Waals surface area contributed by atoms with Crippen molar-refractivity contribution in [2.45, 2.75) is 20.2 Å². The molecule has 12 heavy (non-hydrogen) atoms. The quantitative estimate of drug-likeness (QED) is 0.680. The zero-order chi connectivity index (χ0) is 8.81. The number of rotatable bonds is 4. The van der Waals surface area contributed by atoms with Gasteiger partial charge in [0.15, 0.2) is 5.88 Å². The van der Waals surface area contributed by atoms with Crippen molar-refractivity contribution in [3.63, 3.8) is 0 Å². The molecule has 0 bridgehead atoms. The van der Waals surface area contributed by atoms with Crippen molar-refractivity contribution in [2.24, 2.45) is 4.99 Å². The number of aliphatic imine (C=N–C) groups is 1. The van der Waals surface area contributed by atoms with Gasteiger partial charge in [-0.15, -0.1) is 0 Å². The van der Waals surface area contributed by atoms with E-state index in [1.807, 2.05) is 13.8 Å². The fraction of sp³-hybridized carbons (Fsp3) is 0.625. The fourth-order valence-corrected chi connectivity index (χ4v) is 0.884. The molecule has 0 saturated heterocycles. The van der Waals surface area contributed by atoms with Crippen LogP contribution in [0.5, 0.6) is 0 Å². The lowest BCUT2D eigenvalue weighted by Gasteiger charge is -2.19. The topological polar surface area (TPSA) is 42.9 Å². The van der Waals surface area contributed by atoms with Crippen LogP contribution in [0, 0.1) is 0 Å². The minimum atomic E-state index is -0.290. The summed E-state index contributed by atoms with van der Waals surface area (Å²) in [5.41, 5.74) is 0. The van der Waals surface area contributed by atoms with E-state index in [1.165, 1.54) is 0 Å². The molecule has 0 spiro atoms. The third kappa shape index (κ3) is 2.54. The van der Waals surface area contributed by atoms with Crippen molar-refractivity contribution < 1.29 is 9.47 Å². The van der Waals surface area contributed by atoms with Gasteiger partial charge in [-0.05, 0) is 13.8 Å². The highest BCUT2D eigenvalue weighted by atomic mass is 16.5. The first kappa shape index (κ1) is 9.06. The highest BCUT2D eigenvalue weighted by molar-refractivity contribution is 5.72. The summed E-state index contributed by atoms with van der Waals surface area (Å²) in [6, 6.07) is 0. The molecular weight excluding hydrogens is 156 g/mol. The largest absolute Gasteiger partial charge is 0.479 e. The second-order valence-electron chi connectivity index (χ2n) is 2.21. The van der Waals surface area contributed by atoms with Crippen LogP contribution in [0.15, 0.2) is 17.0 Å². The van der Waals surface area contributed by atoms with Crippen molar-refractivity contribution in [1.29, 1.82) is 0 Å². The van der Waals surface area contributed by atoms with Gasteiger partial charge in [0.2, 0.25) is 6.35 Å². The lowest BCUT2D eigenvalue weighted by atomic mass is 10.5. The summed E-state index contributed by atoms with van der Waals surface area (Å²) < 4.78 is 10.5. The van der Waals surface area contributed by atoms with Crippen LogP contribution >= 0.6 is 0 Å². The molecule has 0 aromatic heterocycles. The number of allylic oxidation sites excluding steroid dienone is 1. The predicted molar refractivity (Wildman–Crippen MR) is 46.8 cm³/mol. The van der Waals surface area contributed by atoms with Crippen molar-refractivity contribution in [2.75, 3.05) is 13.2 Å². The first-order valence-electron chi connectivity index (χ1n) is 4.11. The van der Waals surface area contributed by atoms with Gasteiger partial charge in [-0.3, -0.25) is 0 Å². The normalized spacial score (nSPS) is 21.5. The van der Waals surface area contributed by atoms with E-state index in [2.05, 4.69) is 10.3 Å². The molecule has 1 aliphatic rings. The summed E-state index contributed by atoms with van der Waals surface area (Å²) in [7, 11) is 0. The van der Waals surface area contributed by atoms with Crippen LogP contribution in [0.2, 0.25) is 0 Å². The molecule has 1 aliphatic heterocycles. The predicted octanol–water partition coefficient (Wildman–Crippen LogP) is 0.858. The Kier molecular flexibility index (Phi) is 3.60. The van der Waals surface area contributed by atoms with E-state index in [4.69, 9.17) is 9.47 Å². The summed E-state index contributed by atoms with van der Waals surface area (Å²) in [6.45, 7) is 5.14. The van der Waals surface area contributed by atoms with Gasteiger partial charge in [0.05, 0.1) is 6.61 Å². The molecule has 1 rings (SSSR count). The van der Waals surface area contributed by atoms with Crippen LogP contribution in [0.25, 0.3) is 0 Å². The first-order chi connectivity index (χ1) is 5.86. The first-order valence-corrected chi connectivity index (χ1v) is 4.11. The second kappa shape index (κ2) is 4.77. The molecule has 1 unspecified atom stereocenters. The molecule has 4 heteroatoms. The standard InChI is InChI=1S/C8H14N2O2/c1-3-11-7-5-6-9-8(10-7)12-4-2/h5-6,8,10H,3-4H2,1-2H3. The third-order valence-electron chi connectivity index (χ3n) is 1.34. The van der Waals surface area contributed by atoms with E-state index in [0.29, 0.717) is 19.1 Å². The highest BCUT2D eigenvalue weighted by Crippen LogP contribution is 2.01. The number of ether oxygens (including phenoxy) is 2. The molecule has 0 saturated carbocycles. The molecule has 0 aromatic carbocycles. The summed E-state index contributed by atoms with van der Waals surface area (Å²) in [4.78, 5) is 4.04. The van der Waals surface area contributed by atoms with E-state index < -0.39 is 0 Å². The van der Waals surface area contributed by atoms with Gasteiger partial charge in [-0.1, -0.05) is 0 Å². The molecule has 1 heterocycles. The Morgan fingerprint density at radius 3 is 3.00 bits per heavy atom. The SMILES string of the molecule is CCOC1=CC=NC(OCC)N1. The van der Waals surface area contributed by atoms with Crippen LogP contribution < -0.4 is 5.32 Å². The Morgan fingerprint density at radius 1 is 1.50 bits per heavy atom. The summed E-state index contributed by atoms with van der Waals surface area (Å²) >= 11 is 0. The van der Waals surface area contributed by atoms with Gasteiger partial charge in [-0.2, -0.15) is 0 Å². The van der Waals surface area contributed by atoms with E-state index in [9.17, 15) is 0 Å². The van der Waals surface area contributed by atoms with Crippen molar-refractivity contribution >= 4 is 6.21 Å². The van der Waals surface area contributed by atoms with Crippen LogP contribution in [-0.4, -0.2) is 25.8 Å². The molecule has 68 valence electrons. The zero-order valence-corrected chi connectivity index (χ0v) is 7.41. The Morgan fingerprint density at radius 2 is 2.33 bits per heavy atom. The number of hydrogen-bond donors (Lipinski definition) is 1. The van der Waals surface area contributed by atoms with Gasteiger partial charge < -0.3 is 14.8 Å². The van der Waals surface area contributed by atoms with Crippen molar-refractivity contribution in [1.82, 2.24) is 5.32 Å². The van der Waals surface area contributed by atoms with Crippen LogP contribution in [0.1, 0.15) is 13.8 Å². The van der Waals surface area contributed by atoms with Gasteiger partial charge in [0.1, 0.15) is 0 Å². The molecule has 0 aliphatic carbocycles. The minimum Gasteiger partial charge on any atom is -0.479 e. The van der Waals surface area contributed by atoms with Crippen molar-refractivity contribution in [3.8, 4) is 0 Å². The average molecular weight is 170 g/mol.